The number of para-hydroxylation sites is 1. The summed E-state index contributed by atoms with van der Waals surface area (Å²) in [6.07, 6.45) is 1.90. The molecule has 0 aliphatic carbocycles. The smallest absolute Gasteiger partial charge is 0.266 e. The third-order valence-corrected chi connectivity index (χ3v) is 4.49. The van der Waals surface area contributed by atoms with Gasteiger partial charge < -0.3 is 4.74 Å². The van der Waals surface area contributed by atoms with Crippen molar-refractivity contribution in [1.82, 2.24) is 4.90 Å². The van der Waals surface area contributed by atoms with Crippen molar-refractivity contribution in [1.29, 1.82) is 0 Å². The first-order chi connectivity index (χ1) is 11.8. The average molecular weight is 338 g/mol. The number of benzene rings is 2. The van der Waals surface area contributed by atoms with Gasteiger partial charge in [0.1, 0.15) is 0 Å². The van der Waals surface area contributed by atoms with Gasteiger partial charge in [-0.25, -0.2) is 4.99 Å². The fourth-order valence-corrected chi connectivity index (χ4v) is 3.31. The highest BCUT2D eigenvalue weighted by Crippen LogP contribution is 2.33. The molecule has 0 spiro atoms. The SMILES string of the molecule is COCCN1C(=O)/C(=C\c2ccccc2)SC1=Nc1ccccc1. The van der Waals surface area contributed by atoms with Crippen LogP contribution in [0.3, 0.4) is 0 Å². The Labute approximate surface area is 145 Å². The summed E-state index contributed by atoms with van der Waals surface area (Å²) in [4.78, 5) is 19.7. The second-order valence-electron chi connectivity index (χ2n) is 5.20. The Hall–Kier alpha value is -2.37. The number of methoxy groups -OCH3 is 1. The maximum atomic E-state index is 12.7. The van der Waals surface area contributed by atoms with Crippen LogP contribution in [0.25, 0.3) is 6.08 Å². The number of hydrogen-bond acceptors (Lipinski definition) is 4. The van der Waals surface area contributed by atoms with E-state index in [0.717, 1.165) is 11.3 Å². The molecule has 5 heteroatoms. The summed E-state index contributed by atoms with van der Waals surface area (Å²) in [6, 6.07) is 19.5. The number of rotatable bonds is 5. The first kappa shape index (κ1) is 16.5. The van der Waals surface area contributed by atoms with Gasteiger partial charge in [-0.05, 0) is 35.5 Å². The van der Waals surface area contributed by atoms with E-state index in [0.29, 0.717) is 23.2 Å². The molecule has 122 valence electrons. The Morgan fingerprint density at radius 1 is 1.08 bits per heavy atom. The molecule has 1 amide bonds. The van der Waals surface area contributed by atoms with Crippen LogP contribution in [0.5, 0.6) is 0 Å². The minimum Gasteiger partial charge on any atom is -0.383 e. The normalized spacial score (nSPS) is 17.9. The lowest BCUT2D eigenvalue weighted by Crippen LogP contribution is -2.32. The molecule has 2 aromatic carbocycles. The Bertz CT molecular complexity index is 757. The standard InChI is InChI=1S/C19H18N2O2S/c1-23-13-12-21-18(22)17(14-15-8-4-2-5-9-15)24-19(21)20-16-10-6-3-7-11-16/h2-11,14H,12-13H2,1H3/b17-14+,20-19?. The molecule has 1 aliphatic rings. The minimum atomic E-state index is -0.0319. The second kappa shape index (κ2) is 7.95. The van der Waals surface area contributed by atoms with E-state index in [-0.39, 0.29) is 5.91 Å². The number of thioether (sulfide) groups is 1. The van der Waals surface area contributed by atoms with E-state index in [1.807, 2.05) is 66.7 Å². The Morgan fingerprint density at radius 3 is 2.42 bits per heavy atom. The number of amidine groups is 1. The summed E-state index contributed by atoms with van der Waals surface area (Å²) in [5, 5.41) is 0.686. The lowest BCUT2D eigenvalue weighted by Gasteiger charge is -2.14. The topological polar surface area (TPSA) is 41.9 Å². The van der Waals surface area contributed by atoms with Gasteiger partial charge in [0, 0.05) is 7.11 Å². The highest BCUT2D eigenvalue weighted by Gasteiger charge is 2.33. The van der Waals surface area contributed by atoms with E-state index in [1.165, 1.54) is 11.8 Å². The Balaban J connectivity index is 1.91. The van der Waals surface area contributed by atoms with Crippen molar-refractivity contribution in [3.05, 3.63) is 71.1 Å². The largest absolute Gasteiger partial charge is 0.383 e. The molecule has 0 atom stereocenters. The fraction of sp³-hybridized carbons (Fsp3) is 0.158. The van der Waals surface area contributed by atoms with Crippen LogP contribution < -0.4 is 0 Å². The molecule has 0 bridgehead atoms. The summed E-state index contributed by atoms with van der Waals surface area (Å²) in [5.74, 6) is -0.0319. The Morgan fingerprint density at radius 2 is 1.75 bits per heavy atom. The first-order valence-corrected chi connectivity index (χ1v) is 8.49. The highest BCUT2D eigenvalue weighted by molar-refractivity contribution is 8.18. The molecule has 1 fully saturated rings. The zero-order valence-electron chi connectivity index (χ0n) is 13.4. The number of hydrogen-bond donors (Lipinski definition) is 0. The summed E-state index contributed by atoms with van der Waals surface area (Å²) in [7, 11) is 1.63. The predicted octanol–water partition coefficient (Wildman–Crippen LogP) is 3.94. The van der Waals surface area contributed by atoms with Crippen molar-refractivity contribution in [3.63, 3.8) is 0 Å². The van der Waals surface area contributed by atoms with Crippen molar-refractivity contribution in [2.24, 2.45) is 4.99 Å². The molecule has 1 heterocycles. The molecule has 1 saturated heterocycles. The van der Waals surface area contributed by atoms with E-state index in [2.05, 4.69) is 4.99 Å². The van der Waals surface area contributed by atoms with E-state index in [1.54, 1.807) is 12.0 Å². The van der Waals surface area contributed by atoms with Gasteiger partial charge in [-0.1, -0.05) is 48.5 Å². The van der Waals surface area contributed by atoms with Crippen LogP contribution in [0.1, 0.15) is 5.56 Å². The van der Waals surface area contributed by atoms with Crippen LogP contribution in [-0.4, -0.2) is 36.2 Å². The fourth-order valence-electron chi connectivity index (χ4n) is 2.28. The molecule has 0 aromatic heterocycles. The lowest BCUT2D eigenvalue weighted by atomic mass is 10.2. The molecule has 0 saturated carbocycles. The average Bonchev–Trinajstić information content (AvgIpc) is 2.90. The summed E-state index contributed by atoms with van der Waals surface area (Å²) in [5.41, 5.74) is 1.83. The van der Waals surface area contributed by atoms with Gasteiger partial charge in [0.25, 0.3) is 5.91 Å². The van der Waals surface area contributed by atoms with Gasteiger partial charge in [0.2, 0.25) is 0 Å². The zero-order chi connectivity index (χ0) is 16.8. The summed E-state index contributed by atoms with van der Waals surface area (Å²) < 4.78 is 5.13. The van der Waals surface area contributed by atoms with Gasteiger partial charge >= 0.3 is 0 Å². The number of carbonyl (C=O) groups excluding carboxylic acids is 1. The number of amides is 1. The van der Waals surface area contributed by atoms with Crippen molar-refractivity contribution >= 4 is 34.6 Å². The van der Waals surface area contributed by atoms with E-state index in [4.69, 9.17) is 4.74 Å². The number of nitrogens with zero attached hydrogens (tertiary/aromatic N) is 2. The second-order valence-corrected chi connectivity index (χ2v) is 6.21. The molecule has 3 rings (SSSR count). The number of ether oxygens (including phenoxy) is 1. The van der Waals surface area contributed by atoms with Gasteiger partial charge in [0.15, 0.2) is 5.17 Å². The van der Waals surface area contributed by atoms with Crippen LogP contribution >= 0.6 is 11.8 Å². The quantitative estimate of drug-likeness (QED) is 0.776. The molecule has 24 heavy (non-hydrogen) atoms. The monoisotopic (exact) mass is 338 g/mol. The van der Waals surface area contributed by atoms with Crippen LogP contribution in [0, 0.1) is 0 Å². The number of aliphatic imine (C=N–C) groups is 1. The van der Waals surface area contributed by atoms with E-state index < -0.39 is 0 Å². The van der Waals surface area contributed by atoms with Crippen LogP contribution in [0.4, 0.5) is 5.69 Å². The third-order valence-electron chi connectivity index (χ3n) is 3.49. The van der Waals surface area contributed by atoms with Crippen molar-refractivity contribution in [2.75, 3.05) is 20.3 Å². The lowest BCUT2D eigenvalue weighted by molar-refractivity contribution is -0.122. The molecular weight excluding hydrogens is 320 g/mol. The molecule has 0 radical (unpaired) electrons. The predicted molar refractivity (Wildman–Crippen MR) is 99.1 cm³/mol. The molecule has 2 aromatic rings. The molecule has 1 aliphatic heterocycles. The third kappa shape index (κ3) is 3.93. The molecule has 0 unspecified atom stereocenters. The van der Waals surface area contributed by atoms with Gasteiger partial charge in [-0.2, -0.15) is 0 Å². The Kier molecular flexibility index (Phi) is 5.46. The summed E-state index contributed by atoms with van der Waals surface area (Å²) >= 11 is 1.40. The maximum absolute atomic E-state index is 12.7. The van der Waals surface area contributed by atoms with Crippen molar-refractivity contribution in [3.8, 4) is 0 Å². The van der Waals surface area contributed by atoms with Gasteiger partial charge in [-0.3, -0.25) is 9.69 Å². The minimum absolute atomic E-state index is 0.0319. The zero-order valence-corrected chi connectivity index (χ0v) is 14.2. The number of carbonyl (C=O) groups is 1. The van der Waals surface area contributed by atoms with Crippen LogP contribution in [-0.2, 0) is 9.53 Å². The van der Waals surface area contributed by atoms with Crippen LogP contribution in [0.2, 0.25) is 0 Å². The van der Waals surface area contributed by atoms with Gasteiger partial charge in [0.05, 0.1) is 23.7 Å². The summed E-state index contributed by atoms with van der Waals surface area (Å²) in [6.45, 7) is 0.957. The van der Waals surface area contributed by atoms with E-state index in [9.17, 15) is 4.79 Å². The van der Waals surface area contributed by atoms with Crippen LogP contribution in [0.15, 0.2) is 70.6 Å². The maximum Gasteiger partial charge on any atom is 0.266 e. The first-order valence-electron chi connectivity index (χ1n) is 7.67. The molecular formula is C19H18N2O2S. The van der Waals surface area contributed by atoms with Crippen molar-refractivity contribution in [2.45, 2.75) is 0 Å². The highest BCUT2D eigenvalue weighted by atomic mass is 32.2. The molecule has 4 nitrogen and oxygen atoms in total. The van der Waals surface area contributed by atoms with E-state index >= 15 is 0 Å². The van der Waals surface area contributed by atoms with Gasteiger partial charge in [-0.15, -0.1) is 0 Å². The van der Waals surface area contributed by atoms with Crippen molar-refractivity contribution < 1.29 is 9.53 Å². The molecule has 0 N–H and O–H groups in total.